The van der Waals surface area contributed by atoms with Crippen LogP contribution in [0.3, 0.4) is 0 Å². The number of carbonyl (C=O) groups excluding carboxylic acids is 1. The Labute approximate surface area is 180 Å². The topological polar surface area (TPSA) is 75.7 Å². The van der Waals surface area contributed by atoms with E-state index in [4.69, 9.17) is 4.74 Å². The zero-order chi connectivity index (χ0) is 22.3. The maximum Gasteiger partial charge on any atom is 0.243 e. The molecule has 6 nitrogen and oxygen atoms in total. The van der Waals surface area contributed by atoms with E-state index in [1.807, 2.05) is 51.1 Å². The Morgan fingerprint density at radius 1 is 1.10 bits per heavy atom. The molecule has 1 amide bonds. The third-order valence-electron chi connectivity index (χ3n) is 4.58. The normalized spacial score (nSPS) is 12.5. The Morgan fingerprint density at radius 3 is 2.33 bits per heavy atom. The van der Waals surface area contributed by atoms with Crippen LogP contribution in [0.4, 0.5) is 5.69 Å². The fourth-order valence-electron chi connectivity index (χ4n) is 3.23. The average Bonchev–Trinajstić information content (AvgIpc) is 2.65. The smallest absolute Gasteiger partial charge is 0.243 e. The molecule has 0 fully saturated rings. The number of ether oxygens (including phenoxy) is 1. The molecule has 1 atom stereocenters. The van der Waals surface area contributed by atoms with Crippen LogP contribution < -0.4 is 14.4 Å². The van der Waals surface area contributed by atoms with Gasteiger partial charge in [0.15, 0.2) is 0 Å². The summed E-state index contributed by atoms with van der Waals surface area (Å²) in [4.78, 5) is 12.6. The first-order valence-electron chi connectivity index (χ1n) is 10.2. The average molecular weight is 433 g/mol. The molecule has 0 aliphatic rings. The molecule has 30 heavy (non-hydrogen) atoms. The third-order valence-corrected chi connectivity index (χ3v) is 5.82. The van der Waals surface area contributed by atoms with Crippen LogP contribution in [0.25, 0.3) is 0 Å². The van der Waals surface area contributed by atoms with Crippen molar-refractivity contribution < 1.29 is 17.9 Å². The molecular weight excluding hydrogens is 400 g/mol. The minimum absolute atomic E-state index is 0.138. The highest BCUT2D eigenvalue weighted by molar-refractivity contribution is 7.92. The number of nitrogens with zero attached hydrogens (tertiary/aromatic N) is 1. The van der Waals surface area contributed by atoms with Crippen molar-refractivity contribution in [3.05, 3.63) is 59.7 Å². The van der Waals surface area contributed by atoms with Gasteiger partial charge in [-0.05, 0) is 75.9 Å². The lowest BCUT2D eigenvalue weighted by molar-refractivity contribution is -0.121. The summed E-state index contributed by atoms with van der Waals surface area (Å²) >= 11 is 0. The number of hydrogen-bond acceptors (Lipinski definition) is 4. The van der Waals surface area contributed by atoms with Crippen LogP contribution in [0.15, 0.2) is 48.5 Å². The SMILES string of the molecule is Cc1cccc(N([C@H](C)C(=O)NCCCc2ccc(OC(C)C)cc2)S(C)(=O)=O)c1. The number of hydrogen-bond donors (Lipinski definition) is 1. The van der Waals surface area contributed by atoms with Crippen molar-refractivity contribution >= 4 is 21.6 Å². The molecule has 0 saturated heterocycles. The van der Waals surface area contributed by atoms with Gasteiger partial charge in [-0.25, -0.2) is 8.42 Å². The summed E-state index contributed by atoms with van der Waals surface area (Å²) in [6.45, 7) is 7.93. The van der Waals surface area contributed by atoms with Crippen LogP contribution in [0, 0.1) is 6.92 Å². The second-order valence-electron chi connectivity index (χ2n) is 7.78. The zero-order valence-corrected chi connectivity index (χ0v) is 19.2. The van der Waals surface area contributed by atoms with Gasteiger partial charge in [0, 0.05) is 6.54 Å². The minimum Gasteiger partial charge on any atom is -0.491 e. The molecule has 0 saturated carbocycles. The van der Waals surface area contributed by atoms with Crippen LogP contribution in [0.2, 0.25) is 0 Å². The van der Waals surface area contributed by atoms with Gasteiger partial charge in [-0.15, -0.1) is 0 Å². The number of benzene rings is 2. The summed E-state index contributed by atoms with van der Waals surface area (Å²) in [6.07, 6.45) is 2.82. The molecule has 0 radical (unpaired) electrons. The summed E-state index contributed by atoms with van der Waals surface area (Å²) in [7, 11) is -3.60. The molecule has 1 N–H and O–H groups in total. The van der Waals surface area contributed by atoms with E-state index in [1.165, 1.54) is 4.31 Å². The third kappa shape index (κ3) is 7.06. The highest BCUT2D eigenvalue weighted by Crippen LogP contribution is 2.22. The highest BCUT2D eigenvalue weighted by atomic mass is 32.2. The number of sulfonamides is 1. The van der Waals surface area contributed by atoms with Crippen LogP contribution in [0.1, 0.15) is 38.3 Å². The number of amides is 1. The maximum absolute atomic E-state index is 12.6. The molecule has 7 heteroatoms. The quantitative estimate of drug-likeness (QED) is 0.581. The molecule has 2 rings (SSSR count). The Kier molecular flexibility index (Phi) is 8.29. The predicted molar refractivity (Wildman–Crippen MR) is 122 cm³/mol. The van der Waals surface area contributed by atoms with Crippen molar-refractivity contribution in [3.8, 4) is 5.75 Å². The molecule has 0 aliphatic heterocycles. The van der Waals surface area contributed by atoms with Gasteiger partial charge in [0.25, 0.3) is 0 Å². The fraction of sp³-hybridized carbons (Fsp3) is 0.435. The predicted octanol–water partition coefficient (Wildman–Crippen LogP) is 3.69. The first-order chi connectivity index (χ1) is 14.1. The van der Waals surface area contributed by atoms with Crippen LogP contribution in [-0.4, -0.2) is 39.3 Å². The molecule has 2 aromatic rings. The van der Waals surface area contributed by atoms with E-state index in [1.54, 1.807) is 25.1 Å². The van der Waals surface area contributed by atoms with Gasteiger partial charge in [0.2, 0.25) is 15.9 Å². The Bertz CT molecular complexity index is 940. The van der Waals surface area contributed by atoms with Crippen molar-refractivity contribution in [2.45, 2.75) is 52.7 Å². The van der Waals surface area contributed by atoms with Gasteiger partial charge in [-0.1, -0.05) is 24.3 Å². The second-order valence-corrected chi connectivity index (χ2v) is 9.64. The molecule has 0 unspecified atom stereocenters. The number of rotatable bonds is 10. The fourth-order valence-corrected chi connectivity index (χ4v) is 4.40. The van der Waals surface area contributed by atoms with Gasteiger partial charge in [-0.3, -0.25) is 9.10 Å². The molecule has 2 aromatic carbocycles. The summed E-state index contributed by atoms with van der Waals surface area (Å²) < 4.78 is 31.5. The van der Waals surface area contributed by atoms with Gasteiger partial charge in [0.1, 0.15) is 11.8 Å². The molecule has 164 valence electrons. The van der Waals surface area contributed by atoms with E-state index in [9.17, 15) is 13.2 Å². The van der Waals surface area contributed by atoms with Crippen LogP contribution in [0.5, 0.6) is 5.75 Å². The monoisotopic (exact) mass is 432 g/mol. The number of aryl methyl sites for hydroxylation is 2. The lowest BCUT2D eigenvalue weighted by atomic mass is 10.1. The second kappa shape index (κ2) is 10.5. The Balaban J connectivity index is 1.91. The van der Waals surface area contributed by atoms with Crippen molar-refractivity contribution in [2.75, 3.05) is 17.1 Å². The largest absolute Gasteiger partial charge is 0.491 e. The first-order valence-corrected chi connectivity index (χ1v) is 12.0. The van der Waals surface area contributed by atoms with Gasteiger partial charge in [-0.2, -0.15) is 0 Å². The maximum atomic E-state index is 12.6. The number of nitrogens with one attached hydrogen (secondary N) is 1. The molecule has 0 aliphatic carbocycles. The van der Waals surface area contributed by atoms with Gasteiger partial charge in [0.05, 0.1) is 18.0 Å². The van der Waals surface area contributed by atoms with E-state index in [0.717, 1.165) is 36.0 Å². The first kappa shape index (κ1) is 23.7. The standard InChI is InChI=1S/C23H32N2O4S/c1-17(2)29-22-13-11-20(12-14-22)9-7-15-24-23(26)19(4)25(30(5,27)28)21-10-6-8-18(3)16-21/h6,8,10-14,16-17,19H,7,9,15H2,1-5H3,(H,24,26)/t19-/m1/s1. The van der Waals surface area contributed by atoms with Crippen LogP contribution >= 0.6 is 0 Å². The Hall–Kier alpha value is -2.54. The van der Waals surface area contributed by atoms with Crippen molar-refractivity contribution in [3.63, 3.8) is 0 Å². The van der Waals surface area contributed by atoms with E-state index in [2.05, 4.69) is 5.32 Å². The van der Waals surface area contributed by atoms with Gasteiger partial charge < -0.3 is 10.1 Å². The molecule has 0 spiro atoms. The summed E-state index contributed by atoms with van der Waals surface area (Å²) in [5.74, 6) is 0.524. The Morgan fingerprint density at radius 2 is 1.77 bits per heavy atom. The lowest BCUT2D eigenvalue weighted by Crippen LogP contribution is -2.48. The highest BCUT2D eigenvalue weighted by Gasteiger charge is 2.28. The van der Waals surface area contributed by atoms with Crippen molar-refractivity contribution in [2.24, 2.45) is 0 Å². The molecular formula is C23H32N2O4S. The number of anilines is 1. The molecule has 0 heterocycles. The van der Waals surface area contributed by atoms with E-state index < -0.39 is 16.1 Å². The summed E-state index contributed by atoms with van der Waals surface area (Å²) in [5, 5.41) is 2.86. The lowest BCUT2D eigenvalue weighted by Gasteiger charge is -2.28. The summed E-state index contributed by atoms with van der Waals surface area (Å²) in [6, 6.07) is 14.2. The molecule has 0 bridgehead atoms. The zero-order valence-electron chi connectivity index (χ0n) is 18.4. The van der Waals surface area contributed by atoms with E-state index >= 15 is 0 Å². The van der Waals surface area contributed by atoms with E-state index in [-0.39, 0.29) is 12.0 Å². The van der Waals surface area contributed by atoms with Crippen molar-refractivity contribution in [1.29, 1.82) is 0 Å². The summed E-state index contributed by atoms with van der Waals surface area (Å²) in [5.41, 5.74) is 2.58. The van der Waals surface area contributed by atoms with E-state index in [0.29, 0.717) is 12.2 Å². The van der Waals surface area contributed by atoms with Gasteiger partial charge >= 0.3 is 0 Å². The van der Waals surface area contributed by atoms with Crippen LogP contribution in [-0.2, 0) is 21.2 Å². The van der Waals surface area contributed by atoms with Crippen molar-refractivity contribution in [1.82, 2.24) is 5.32 Å². The number of carbonyl (C=O) groups is 1. The molecule has 0 aromatic heterocycles. The minimum atomic E-state index is -3.60.